The maximum absolute atomic E-state index is 6.19. The molecule has 0 aromatic rings. The molecule has 2 rings (SSSR count). The van der Waals surface area contributed by atoms with E-state index in [1.807, 2.05) is 0 Å². The van der Waals surface area contributed by atoms with Gasteiger partial charge >= 0.3 is 0 Å². The van der Waals surface area contributed by atoms with Crippen LogP contribution in [-0.2, 0) is 0 Å². The molecule has 0 saturated heterocycles. The van der Waals surface area contributed by atoms with Crippen LogP contribution in [0.25, 0.3) is 0 Å². The first-order chi connectivity index (χ1) is 9.17. The fraction of sp³-hybridized carbons (Fsp3) is 1.00. The first-order valence-corrected chi connectivity index (χ1v) is 8.57. The van der Waals surface area contributed by atoms with Crippen molar-refractivity contribution in [3.8, 4) is 0 Å². The highest BCUT2D eigenvalue weighted by molar-refractivity contribution is 4.88. The van der Waals surface area contributed by atoms with E-state index in [4.69, 9.17) is 5.73 Å². The number of hydrogen-bond donors (Lipinski definition) is 1. The molecule has 19 heavy (non-hydrogen) atoms. The first kappa shape index (κ1) is 15.3. The summed E-state index contributed by atoms with van der Waals surface area (Å²) in [6.07, 6.45) is 14.0. The molecule has 2 nitrogen and oxygen atoms in total. The summed E-state index contributed by atoms with van der Waals surface area (Å²) in [5, 5.41) is 0. The summed E-state index contributed by atoms with van der Waals surface area (Å²) in [7, 11) is 2.36. The van der Waals surface area contributed by atoms with Crippen molar-refractivity contribution < 1.29 is 0 Å². The molecule has 0 aromatic heterocycles. The molecule has 0 amide bonds. The van der Waals surface area contributed by atoms with Crippen molar-refractivity contribution >= 4 is 0 Å². The highest BCUT2D eigenvalue weighted by Crippen LogP contribution is 2.37. The van der Waals surface area contributed by atoms with Crippen molar-refractivity contribution in [3.05, 3.63) is 0 Å². The largest absolute Gasteiger partial charge is 0.330 e. The van der Waals surface area contributed by atoms with Crippen LogP contribution in [0.2, 0.25) is 0 Å². The Balaban J connectivity index is 1.95. The van der Waals surface area contributed by atoms with Crippen molar-refractivity contribution in [2.45, 2.75) is 77.2 Å². The minimum Gasteiger partial charge on any atom is -0.330 e. The molecule has 2 saturated carbocycles. The van der Waals surface area contributed by atoms with Gasteiger partial charge in [0, 0.05) is 12.6 Å². The number of hydrogen-bond acceptors (Lipinski definition) is 2. The van der Waals surface area contributed by atoms with Gasteiger partial charge in [-0.05, 0) is 50.6 Å². The molecule has 0 heterocycles. The van der Waals surface area contributed by atoms with Crippen LogP contribution in [0.1, 0.15) is 71.1 Å². The molecule has 0 aromatic carbocycles. The van der Waals surface area contributed by atoms with Gasteiger partial charge in [0.05, 0.1) is 0 Å². The Bertz CT molecular complexity index is 256. The van der Waals surface area contributed by atoms with E-state index in [2.05, 4.69) is 18.9 Å². The Morgan fingerprint density at radius 1 is 1.00 bits per heavy atom. The molecule has 2 atom stereocenters. The third-order valence-electron chi connectivity index (χ3n) is 5.81. The highest BCUT2D eigenvalue weighted by Gasteiger charge is 2.34. The lowest BCUT2D eigenvalue weighted by atomic mass is 9.78. The maximum atomic E-state index is 6.19. The minimum atomic E-state index is 0.419. The van der Waals surface area contributed by atoms with Crippen LogP contribution >= 0.6 is 0 Å². The summed E-state index contributed by atoms with van der Waals surface area (Å²) >= 11 is 0. The zero-order valence-electron chi connectivity index (χ0n) is 13.2. The van der Waals surface area contributed by atoms with E-state index in [9.17, 15) is 0 Å². The molecule has 0 radical (unpaired) electrons. The second-order valence-electron chi connectivity index (χ2n) is 7.36. The van der Waals surface area contributed by atoms with Crippen LogP contribution in [0.4, 0.5) is 0 Å². The monoisotopic (exact) mass is 266 g/mol. The van der Waals surface area contributed by atoms with Crippen LogP contribution < -0.4 is 5.73 Å². The van der Waals surface area contributed by atoms with E-state index in [-0.39, 0.29) is 0 Å². The summed E-state index contributed by atoms with van der Waals surface area (Å²) in [5.74, 6) is 0.874. The SMILES string of the molecule is CC1CCCCC1N(C)CC1(CN)CCCCCC1. The van der Waals surface area contributed by atoms with E-state index in [0.717, 1.165) is 18.5 Å². The van der Waals surface area contributed by atoms with Crippen LogP contribution in [-0.4, -0.2) is 31.1 Å². The Morgan fingerprint density at radius 2 is 1.63 bits per heavy atom. The highest BCUT2D eigenvalue weighted by atomic mass is 15.1. The van der Waals surface area contributed by atoms with Gasteiger partial charge in [0.2, 0.25) is 0 Å². The van der Waals surface area contributed by atoms with Gasteiger partial charge in [-0.1, -0.05) is 45.4 Å². The average molecular weight is 266 g/mol. The molecular weight excluding hydrogens is 232 g/mol. The van der Waals surface area contributed by atoms with Crippen LogP contribution in [0.3, 0.4) is 0 Å². The Hall–Kier alpha value is -0.0800. The van der Waals surface area contributed by atoms with Gasteiger partial charge in [0.15, 0.2) is 0 Å². The van der Waals surface area contributed by atoms with Gasteiger partial charge in [-0.2, -0.15) is 0 Å². The van der Waals surface area contributed by atoms with Gasteiger partial charge in [-0.25, -0.2) is 0 Å². The standard InChI is InChI=1S/C17H34N2/c1-15-9-5-6-10-16(15)19(2)14-17(13-18)11-7-3-4-8-12-17/h15-16H,3-14,18H2,1-2H3. The number of rotatable bonds is 4. The molecule has 2 aliphatic rings. The lowest BCUT2D eigenvalue weighted by Gasteiger charge is -2.42. The van der Waals surface area contributed by atoms with Gasteiger partial charge in [-0.3, -0.25) is 0 Å². The van der Waals surface area contributed by atoms with Crippen molar-refractivity contribution in [1.29, 1.82) is 0 Å². The zero-order valence-corrected chi connectivity index (χ0v) is 13.2. The molecular formula is C17H34N2. The van der Waals surface area contributed by atoms with Crippen LogP contribution in [0, 0.1) is 11.3 Å². The molecule has 0 bridgehead atoms. The Kier molecular flexibility index (Phi) is 5.70. The second kappa shape index (κ2) is 7.08. The second-order valence-corrected chi connectivity index (χ2v) is 7.36. The predicted octanol–water partition coefficient (Wildman–Crippen LogP) is 3.80. The summed E-state index contributed by atoms with van der Waals surface area (Å²) in [6, 6.07) is 0.806. The third-order valence-corrected chi connectivity index (χ3v) is 5.81. The summed E-state index contributed by atoms with van der Waals surface area (Å²) in [6.45, 7) is 4.57. The third kappa shape index (κ3) is 3.95. The summed E-state index contributed by atoms with van der Waals surface area (Å²) in [5.41, 5.74) is 6.61. The molecule has 112 valence electrons. The number of nitrogens with zero attached hydrogens (tertiary/aromatic N) is 1. The zero-order chi connectivity index (χ0) is 13.7. The fourth-order valence-electron chi connectivity index (χ4n) is 4.50. The minimum absolute atomic E-state index is 0.419. The van der Waals surface area contributed by atoms with E-state index in [0.29, 0.717) is 5.41 Å². The molecule has 2 N–H and O–H groups in total. The Labute approximate surface area is 120 Å². The van der Waals surface area contributed by atoms with E-state index >= 15 is 0 Å². The maximum Gasteiger partial charge on any atom is 0.0118 e. The molecule has 2 aliphatic carbocycles. The Morgan fingerprint density at radius 3 is 2.21 bits per heavy atom. The smallest absolute Gasteiger partial charge is 0.0118 e. The molecule has 2 heteroatoms. The normalized spacial score (nSPS) is 32.2. The summed E-state index contributed by atoms with van der Waals surface area (Å²) in [4.78, 5) is 2.67. The van der Waals surface area contributed by atoms with E-state index in [1.165, 1.54) is 70.8 Å². The van der Waals surface area contributed by atoms with Crippen molar-refractivity contribution in [2.75, 3.05) is 20.1 Å². The molecule has 2 unspecified atom stereocenters. The fourth-order valence-corrected chi connectivity index (χ4v) is 4.50. The lowest BCUT2D eigenvalue weighted by Crippen LogP contribution is -2.47. The first-order valence-electron chi connectivity index (χ1n) is 8.57. The molecule has 2 fully saturated rings. The number of nitrogens with two attached hydrogens (primary N) is 1. The van der Waals surface area contributed by atoms with Gasteiger partial charge in [0.1, 0.15) is 0 Å². The molecule has 0 aliphatic heterocycles. The quantitative estimate of drug-likeness (QED) is 0.784. The van der Waals surface area contributed by atoms with Crippen molar-refractivity contribution in [1.82, 2.24) is 4.90 Å². The predicted molar refractivity (Wildman–Crippen MR) is 83.2 cm³/mol. The van der Waals surface area contributed by atoms with Crippen molar-refractivity contribution in [3.63, 3.8) is 0 Å². The molecule has 0 spiro atoms. The van der Waals surface area contributed by atoms with Gasteiger partial charge < -0.3 is 10.6 Å². The van der Waals surface area contributed by atoms with E-state index in [1.54, 1.807) is 0 Å². The van der Waals surface area contributed by atoms with Gasteiger partial charge in [-0.15, -0.1) is 0 Å². The van der Waals surface area contributed by atoms with Crippen molar-refractivity contribution in [2.24, 2.45) is 17.1 Å². The summed E-state index contributed by atoms with van der Waals surface area (Å²) < 4.78 is 0. The van der Waals surface area contributed by atoms with Crippen LogP contribution in [0.15, 0.2) is 0 Å². The average Bonchev–Trinajstić information content (AvgIpc) is 2.65. The van der Waals surface area contributed by atoms with Gasteiger partial charge in [0.25, 0.3) is 0 Å². The van der Waals surface area contributed by atoms with Crippen LogP contribution in [0.5, 0.6) is 0 Å². The van der Waals surface area contributed by atoms with E-state index < -0.39 is 0 Å². The lowest BCUT2D eigenvalue weighted by molar-refractivity contribution is 0.0776. The topological polar surface area (TPSA) is 29.3 Å².